The molecule has 0 saturated carbocycles. The van der Waals surface area contributed by atoms with Crippen molar-refractivity contribution in [3.63, 3.8) is 0 Å². The zero-order valence-electron chi connectivity index (χ0n) is 16.4. The van der Waals surface area contributed by atoms with Gasteiger partial charge in [0.05, 0.1) is 19.0 Å². The first-order chi connectivity index (χ1) is 13.1. The molecule has 0 aromatic heterocycles. The number of nitrogens with one attached hydrogen (secondary N) is 1. The second-order valence-corrected chi connectivity index (χ2v) is 7.34. The summed E-state index contributed by atoms with van der Waals surface area (Å²) in [6, 6.07) is 13.8. The van der Waals surface area contributed by atoms with Gasteiger partial charge < -0.3 is 14.8 Å². The molecule has 0 saturated heterocycles. The Morgan fingerprint density at radius 2 is 1.67 bits per heavy atom. The number of hydrogen-bond donors (Lipinski definition) is 1. The van der Waals surface area contributed by atoms with E-state index >= 15 is 0 Å². The van der Waals surface area contributed by atoms with E-state index in [1.54, 1.807) is 11.8 Å². The first-order valence-electron chi connectivity index (χ1n) is 9.45. The lowest BCUT2D eigenvalue weighted by atomic mass is 10.1. The van der Waals surface area contributed by atoms with Crippen molar-refractivity contribution >= 4 is 23.4 Å². The average Bonchev–Trinajstić information content (AvgIpc) is 2.68. The summed E-state index contributed by atoms with van der Waals surface area (Å²) in [5.74, 6) is 2.89. The maximum Gasteiger partial charge on any atom is 0.234 e. The molecule has 2 aromatic carbocycles. The molecule has 4 nitrogen and oxygen atoms in total. The van der Waals surface area contributed by atoms with E-state index in [9.17, 15) is 4.79 Å². The van der Waals surface area contributed by atoms with Gasteiger partial charge in [0, 0.05) is 11.4 Å². The minimum Gasteiger partial charge on any atom is -0.494 e. The highest BCUT2D eigenvalue weighted by molar-refractivity contribution is 7.99. The molecule has 2 rings (SSSR count). The van der Waals surface area contributed by atoms with Crippen LogP contribution < -0.4 is 14.8 Å². The molecule has 0 aliphatic carbocycles. The predicted octanol–water partition coefficient (Wildman–Crippen LogP) is 5.10. The predicted molar refractivity (Wildman–Crippen MR) is 114 cm³/mol. The van der Waals surface area contributed by atoms with Crippen LogP contribution in [0.5, 0.6) is 11.5 Å². The number of amides is 1. The fourth-order valence-corrected chi connectivity index (χ4v) is 3.22. The van der Waals surface area contributed by atoms with Crippen LogP contribution in [0.2, 0.25) is 0 Å². The molecule has 5 heteroatoms. The van der Waals surface area contributed by atoms with Crippen molar-refractivity contribution in [3.05, 3.63) is 53.6 Å². The number of hydrogen-bond acceptors (Lipinski definition) is 4. The molecule has 0 fully saturated rings. The Kier molecular flexibility index (Phi) is 9.05. The largest absolute Gasteiger partial charge is 0.494 e. The third-order valence-corrected chi connectivity index (χ3v) is 4.95. The number of aryl methyl sites for hydroxylation is 2. The smallest absolute Gasteiger partial charge is 0.234 e. The van der Waals surface area contributed by atoms with E-state index < -0.39 is 0 Å². The van der Waals surface area contributed by atoms with Crippen molar-refractivity contribution in [2.24, 2.45) is 0 Å². The lowest BCUT2D eigenvalue weighted by Gasteiger charge is -2.13. The summed E-state index contributed by atoms with van der Waals surface area (Å²) in [7, 11) is 0. The summed E-state index contributed by atoms with van der Waals surface area (Å²) in [5.41, 5.74) is 3.22. The molecule has 0 radical (unpaired) electrons. The number of carbonyl (C=O) groups is 1. The minimum atomic E-state index is 0.0291. The SMILES string of the molecule is CCCOc1ccc(OCCSCC(=O)Nc2c(C)cccc2CC)cc1. The Hall–Kier alpha value is -2.14. The van der Waals surface area contributed by atoms with Gasteiger partial charge in [-0.25, -0.2) is 0 Å². The van der Waals surface area contributed by atoms with Crippen LogP contribution in [0.25, 0.3) is 0 Å². The van der Waals surface area contributed by atoms with Gasteiger partial charge in [-0.15, -0.1) is 11.8 Å². The Morgan fingerprint density at radius 1 is 1.00 bits per heavy atom. The second-order valence-electron chi connectivity index (χ2n) is 6.23. The molecule has 0 heterocycles. The Balaban J connectivity index is 1.67. The van der Waals surface area contributed by atoms with Crippen LogP contribution in [0.4, 0.5) is 5.69 Å². The molecule has 0 bridgehead atoms. The fourth-order valence-electron chi connectivity index (χ4n) is 2.61. The molecule has 146 valence electrons. The van der Waals surface area contributed by atoms with Gasteiger partial charge >= 0.3 is 0 Å². The van der Waals surface area contributed by atoms with E-state index in [-0.39, 0.29) is 5.91 Å². The molecular formula is C22H29NO3S. The topological polar surface area (TPSA) is 47.6 Å². The summed E-state index contributed by atoms with van der Waals surface area (Å²) >= 11 is 1.57. The van der Waals surface area contributed by atoms with E-state index in [2.05, 4.69) is 25.2 Å². The first kappa shape index (κ1) is 21.2. The standard InChI is InChI=1S/C22H29NO3S/c1-4-13-25-19-9-11-20(12-10-19)26-14-15-27-16-21(24)23-22-17(3)7-6-8-18(22)5-2/h6-12H,4-5,13-16H2,1-3H3,(H,23,24). The van der Waals surface area contributed by atoms with Gasteiger partial charge in [0.1, 0.15) is 11.5 Å². The van der Waals surface area contributed by atoms with Crippen LogP contribution in [0.15, 0.2) is 42.5 Å². The highest BCUT2D eigenvalue weighted by Crippen LogP contribution is 2.21. The molecule has 27 heavy (non-hydrogen) atoms. The summed E-state index contributed by atoms with van der Waals surface area (Å²) in [4.78, 5) is 12.2. The van der Waals surface area contributed by atoms with Gasteiger partial charge in [-0.05, 0) is 55.2 Å². The molecule has 0 aliphatic rings. The van der Waals surface area contributed by atoms with Gasteiger partial charge in [-0.2, -0.15) is 0 Å². The third-order valence-electron chi connectivity index (χ3n) is 4.03. The van der Waals surface area contributed by atoms with Crippen LogP contribution in [-0.4, -0.2) is 30.6 Å². The van der Waals surface area contributed by atoms with Crippen LogP contribution >= 0.6 is 11.8 Å². The lowest BCUT2D eigenvalue weighted by molar-refractivity contribution is -0.113. The Morgan fingerprint density at radius 3 is 2.30 bits per heavy atom. The number of ether oxygens (including phenoxy) is 2. The van der Waals surface area contributed by atoms with Gasteiger partial charge in [-0.1, -0.05) is 32.0 Å². The maximum atomic E-state index is 12.2. The number of carbonyl (C=O) groups excluding carboxylic acids is 1. The van der Waals surface area contributed by atoms with Gasteiger partial charge in [0.2, 0.25) is 5.91 Å². The van der Waals surface area contributed by atoms with Crippen molar-refractivity contribution in [2.75, 3.05) is 30.0 Å². The molecular weight excluding hydrogens is 358 g/mol. The minimum absolute atomic E-state index is 0.0291. The fraction of sp³-hybridized carbons (Fsp3) is 0.409. The highest BCUT2D eigenvalue weighted by atomic mass is 32.2. The first-order valence-corrected chi connectivity index (χ1v) is 10.6. The van der Waals surface area contributed by atoms with Crippen LogP contribution in [-0.2, 0) is 11.2 Å². The average molecular weight is 388 g/mol. The summed E-state index contributed by atoms with van der Waals surface area (Å²) in [5, 5.41) is 3.05. The van der Waals surface area contributed by atoms with Crippen LogP contribution in [0.3, 0.4) is 0 Å². The van der Waals surface area contributed by atoms with E-state index in [1.165, 1.54) is 5.56 Å². The van der Waals surface area contributed by atoms with Crippen molar-refractivity contribution in [1.82, 2.24) is 0 Å². The van der Waals surface area contributed by atoms with E-state index in [4.69, 9.17) is 9.47 Å². The maximum absolute atomic E-state index is 12.2. The van der Waals surface area contributed by atoms with E-state index in [0.29, 0.717) is 12.4 Å². The number of benzene rings is 2. The molecule has 0 unspecified atom stereocenters. The van der Waals surface area contributed by atoms with Gasteiger partial charge in [0.25, 0.3) is 0 Å². The Labute approximate surface area is 166 Å². The molecule has 2 aromatic rings. The third kappa shape index (κ3) is 7.18. The number of anilines is 1. The lowest BCUT2D eigenvalue weighted by Crippen LogP contribution is -2.17. The van der Waals surface area contributed by atoms with Crippen molar-refractivity contribution in [3.8, 4) is 11.5 Å². The highest BCUT2D eigenvalue weighted by Gasteiger charge is 2.08. The van der Waals surface area contributed by atoms with Crippen molar-refractivity contribution in [2.45, 2.75) is 33.6 Å². The van der Waals surface area contributed by atoms with Gasteiger partial charge in [-0.3, -0.25) is 4.79 Å². The molecule has 1 N–H and O–H groups in total. The molecule has 0 spiro atoms. The summed E-state index contributed by atoms with van der Waals surface area (Å²) in [6.45, 7) is 7.49. The van der Waals surface area contributed by atoms with Crippen LogP contribution in [0, 0.1) is 6.92 Å². The zero-order chi connectivity index (χ0) is 19.5. The quantitative estimate of drug-likeness (QED) is 0.545. The van der Waals surface area contributed by atoms with E-state index in [1.807, 2.05) is 43.3 Å². The van der Waals surface area contributed by atoms with Gasteiger partial charge in [0.15, 0.2) is 0 Å². The Bertz CT molecular complexity index is 716. The molecule has 0 aliphatic heterocycles. The number of rotatable bonds is 11. The summed E-state index contributed by atoms with van der Waals surface area (Å²) in [6.07, 6.45) is 1.90. The van der Waals surface area contributed by atoms with E-state index in [0.717, 1.165) is 48.0 Å². The number of thioether (sulfide) groups is 1. The van der Waals surface area contributed by atoms with Crippen molar-refractivity contribution < 1.29 is 14.3 Å². The monoisotopic (exact) mass is 387 g/mol. The van der Waals surface area contributed by atoms with Crippen LogP contribution in [0.1, 0.15) is 31.4 Å². The normalized spacial score (nSPS) is 10.5. The second kappa shape index (κ2) is 11.5. The van der Waals surface area contributed by atoms with Crippen molar-refractivity contribution in [1.29, 1.82) is 0 Å². The molecule has 1 amide bonds. The summed E-state index contributed by atoms with van der Waals surface area (Å²) < 4.78 is 11.3. The number of para-hydroxylation sites is 1. The molecule has 0 atom stereocenters. The zero-order valence-corrected chi connectivity index (χ0v) is 17.2.